The molecule has 20 heavy (non-hydrogen) atoms. The lowest BCUT2D eigenvalue weighted by Gasteiger charge is -2.38. The SMILES string of the molecule is Cc1ccc(N2CC(=O)N[C@@H]3CS(=O)(=O)C[C@@H]32)cc1C. The van der Waals surface area contributed by atoms with Gasteiger partial charge in [0.25, 0.3) is 0 Å². The van der Waals surface area contributed by atoms with Gasteiger partial charge in [-0.3, -0.25) is 4.79 Å². The molecule has 2 fully saturated rings. The molecule has 0 saturated carbocycles. The van der Waals surface area contributed by atoms with Gasteiger partial charge in [0, 0.05) is 5.69 Å². The Kier molecular flexibility index (Phi) is 3.01. The zero-order valence-corrected chi connectivity index (χ0v) is 12.4. The monoisotopic (exact) mass is 294 g/mol. The lowest BCUT2D eigenvalue weighted by atomic mass is 10.0. The van der Waals surface area contributed by atoms with Crippen LogP contribution in [0.3, 0.4) is 0 Å². The van der Waals surface area contributed by atoms with Crippen molar-refractivity contribution in [2.75, 3.05) is 23.0 Å². The average molecular weight is 294 g/mol. The summed E-state index contributed by atoms with van der Waals surface area (Å²) in [5, 5.41) is 2.80. The third kappa shape index (κ3) is 2.28. The molecule has 0 unspecified atom stereocenters. The van der Waals surface area contributed by atoms with Crippen molar-refractivity contribution < 1.29 is 13.2 Å². The highest BCUT2D eigenvalue weighted by atomic mass is 32.2. The van der Waals surface area contributed by atoms with Crippen LogP contribution in [0, 0.1) is 13.8 Å². The number of piperazine rings is 1. The first-order valence-corrected chi connectivity index (χ1v) is 8.51. The topological polar surface area (TPSA) is 66.5 Å². The third-order valence-electron chi connectivity index (χ3n) is 4.21. The fourth-order valence-electron chi connectivity index (χ4n) is 2.99. The number of hydrogen-bond acceptors (Lipinski definition) is 4. The summed E-state index contributed by atoms with van der Waals surface area (Å²) in [6, 6.07) is 5.55. The summed E-state index contributed by atoms with van der Waals surface area (Å²) < 4.78 is 23.6. The fourth-order valence-corrected chi connectivity index (χ4v) is 4.91. The summed E-state index contributed by atoms with van der Waals surface area (Å²) in [6.07, 6.45) is 0. The van der Waals surface area contributed by atoms with E-state index in [0.717, 1.165) is 11.3 Å². The van der Waals surface area contributed by atoms with Crippen LogP contribution >= 0.6 is 0 Å². The molecular weight excluding hydrogens is 276 g/mol. The fraction of sp³-hybridized carbons (Fsp3) is 0.500. The highest BCUT2D eigenvalue weighted by molar-refractivity contribution is 7.91. The highest BCUT2D eigenvalue weighted by Crippen LogP contribution is 2.28. The lowest BCUT2D eigenvalue weighted by Crippen LogP contribution is -2.60. The van der Waals surface area contributed by atoms with Gasteiger partial charge in [0.2, 0.25) is 5.91 Å². The molecule has 6 heteroatoms. The Hall–Kier alpha value is -1.56. The quantitative estimate of drug-likeness (QED) is 0.814. The van der Waals surface area contributed by atoms with Gasteiger partial charge in [-0.15, -0.1) is 0 Å². The Bertz CT molecular complexity index is 669. The standard InChI is InChI=1S/C14H18N2O3S/c1-9-3-4-11(5-10(9)2)16-6-14(17)15-12-7-20(18,19)8-13(12)16/h3-5,12-13H,6-8H2,1-2H3,(H,15,17)/t12-,13+/m1/s1. The van der Waals surface area contributed by atoms with Crippen molar-refractivity contribution in [1.82, 2.24) is 5.32 Å². The molecule has 2 heterocycles. The van der Waals surface area contributed by atoms with Crippen molar-refractivity contribution >= 4 is 21.4 Å². The number of aryl methyl sites for hydroxylation is 2. The molecule has 2 atom stereocenters. The molecule has 0 radical (unpaired) electrons. The molecule has 2 aliphatic rings. The predicted molar refractivity (Wildman–Crippen MR) is 77.6 cm³/mol. The number of rotatable bonds is 1. The van der Waals surface area contributed by atoms with Crippen LogP contribution in [0.1, 0.15) is 11.1 Å². The van der Waals surface area contributed by atoms with E-state index >= 15 is 0 Å². The molecule has 2 saturated heterocycles. The molecular formula is C14H18N2O3S. The minimum Gasteiger partial charge on any atom is -0.356 e. The van der Waals surface area contributed by atoms with Gasteiger partial charge in [-0.2, -0.15) is 0 Å². The molecule has 108 valence electrons. The maximum Gasteiger partial charge on any atom is 0.239 e. The number of benzene rings is 1. The summed E-state index contributed by atoms with van der Waals surface area (Å²) in [6.45, 7) is 4.27. The number of amides is 1. The number of nitrogens with zero attached hydrogens (tertiary/aromatic N) is 1. The molecule has 0 spiro atoms. The van der Waals surface area contributed by atoms with Crippen LogP contribution in [0.2, 0.25) is 0 Å². The molecule has 1 amide bonds. The van der Waals surface area contributed by atoms with Crippen LogP contribution in [0.15, 0.2) is 18.2 Å². The molecule has 2 aliphatic heterocycles. The molecule has 1 aromatic rings. The Morgan fingerprint density at radius 1 is 1.20 bits per heavy atom. The Balaban J connectivity index is 1.98. The molecule has 1 aromatic carbocycles. The Labute approximate surface area is 118 Å². The van der Waals surface area contributed by atoms with Crippen molar-refractivity contribution in [2.45, 2.75) is 25.9 Å². The summed E-state index contributed by atoms with van der Waals surface area (Å²) in [7, 11) is -3.07. The molecule has 0 aliphatic carbocycles. The Morgan fingerprint density at radius 2 is 1.95 bits per heavy atom. The van der Waals surface area contributed by atoms with Crippen LogP contribution in [-0.4, -0.2) is 44.5 Å². The highest BCUT2D eigenvalue weighted by Gasteiger charge is 2.45. The minimum atomic E-state index is -3.07. The first-order chi connectivity index (χ1) is 9.35. The first-order valence-electron chi connectivity index (χ1n) is 6.69. The van der Waals surface area contributed by atoms with E-state index in [1.807, 2.05) is 36.9 Å². The van der Waals surface area contributed by atoms with E-state index in [0.29, 0.717) is 0 Å². The maximum atomic E-state index is 11.8. The zero-order chi connectivity index (χ0) is 14.5. The number of sulfone groups is 1. The Morgan fingerprint density at radius 3 is 2.65 bits per heavy atom. The lowest BCUT2D eigenvalue weighted by molar-refractivity contribution is -0.121. The van der Waals surface area contributed by atoms with E-state index in [4.69, 9.17) is 0 Å². The van der Waals surface area contributed by atoms with Gasteiger partial charge in [0.05, 0.1) is 30.1 Å². The summed E-state index contributed by atoms with van der Waals surface area (Å²) in [4.78, 5) is 13.7. The second-order valence-electron chi connectivity index (χ2n) is 5.71. The first kappa shape index (κ1) is 13.4. The van der Waals surface area contributed by atoms with Gasteiger partial charge in [0.1, 0.15) is 0 Å². The van der Waals surface area contributed by atoms with E-state index in [1.54, 1.807) is 0 Å². The van der Waals surface area contributed by atoms with E-state index in [1.165, 1.54) is 5.56 Å². The van der Waals surface area contributed by atoms with Crippen molar-refractivity contribution in [2.24, 2.45) is 0 Å². The van der Waals surface area contributed by atoms with Gasteiger partial charge in [-0.05, 0) is 37.1 Å². The van der Waals surface area contributed by atoms with Crippen LogP contribution < -0.4 is 10.2 Å². The number of carbonyl (C=O) groups excluding carboxylic acids is 1. The van der Waals surface area contributed by atoms with Crippen molar-refractivity contribution in [3.05, 3.63) is 29.3 Å². The van der Waals surface area contributed by atoms with Crippen LogP contribution in [-0.2, 0) is 14.6 Å². The second-order valence-corrected chi connectivity index (χ2v) is 7.87. The largest absolute Gasteiger partial charge is 0.356 e. The van der Waals surface area contributed by atoms with E-state index in [9.17, 15) is 13.2 Å². The molecule has 5 nitrogen and oxygen atoms in total. The third-order valence-corrected chi connectivity index (χ3v) is 5.92. The van der Waals surface area contributed by atoms with Gasteiger partial charge < -0.3 is 10.2 Å². The van der Waals surface area contributed by atoms with Crippen LogP contribution in [0.4, 0.5) is 5.69 Å². The smallest absolute Gasteiger partial charge is 0.239 e. The van der Waals surface area contributed by atoms with Gasteiger partial charge >= 0.3 is 0 Å². The van der Waals surface area contributed by atoms with Gasteiger partial charge in [0.15, 0.2) is 9.84 Å². The molecule has 0 aromatic heterocycles. The summed E-state index contributed by atoms with van der Waals surface area (Å²) >= 11 is 0. The van der Waals surface area contributed by atoms with Crippen molar-refractivity contribution in [1.29, 1.82) is 0 Å². The average Bonchev–Trinajstić information content (AvgIpc) is 2.65. The van der Waals surface area contributed by atoms with Crippen LogP contribution in [0.25, 0.3) is 0 Å². The zero-order valence-electron chi connectivity index (χ0n) is 11.6. The van der Waals surface area contributed by atoms with Crippen LogP contribution in [0.5, 0.6) is 0 Å². The normalized spacial score (nSPS) is 28.1. The number of anilines is 1. The number of nitrogens with one attached hydrogen (secondary N) is 1. The molecule has 1 N–H and O–H groups in total. The molecule has 3 rings (SSSR count). The minimum absolute atomic E-state index is 0.0464. The van der Waals surface area contributed by atoms with Crippen molar-refractivity contribution in [3.63, 3.8) is 0 Å². The van der Waals surface area contributed by atoms with E-state index in [-0.39, 0.29) is 36.0 Å². The van der Waals surface area contributed by atoms with E-state index in [2.05, 4.69) is 5.32 Å². The predicted octanol–water partition coefficient (Wildman–Crippen LogP) is 0.405. The number of fused-ring (bicyclic) bond motifs is 1. The number of hydrogen-bond donors (Lipinski definition) is 1. The summed E-state index contributed by atoms with van der Waals surface area (Å²) in [5.41, 5.74) is 3.26. The maximum absolute atomic E-state index is 11.8. The van der Waals surface area contributed by atoms with Gasteiger partial charge in [-0.1, -0.05) is 6.07 Å². The van der Waals surface area contributed by atoms with Crippen molar-refractivity contribution in [3.8, 4) is 0 Å². The van der Waals surface area contributed by atoms with E-state index < -0.39 is 9.84 Å². The molecule has 0 bridgehead atoms. The number of carbonyl (C=O) groups is 1. The second kappa shape index (κ2) is 4.48. The summed E-state index contributed by atoms with van der Waals surface area (Å²) in [5.74, 6) is 0.0527. The van der Waals surface area contributed by atoms with Gasteiger partial charge in [-0.25, -0.2) is 8.42 Å².